The lowest BCUT2D eigenvalue weighted by atomic mass is 10.2. The van der Waals surface area contributed by atoms with Crippen molar-refractivity contribution >= 4 is 29.4 Å². The van der Waals surface area contributed by atoms with Crippen LogP contribution in [-0.2, 0) is 4.79 Å². The Labute approximate surface area is 181 Å². The average Bonchev–Trinajstić information content (AvgIpc) is 2.79. The van der Waals surface area contributed by atoms with E-state index >= 15 is 0 Å². The first kappa shape index (κ1) is 22.1. The summed E-state index contributed by atoms with van der Waals surface area (Å²) in [5.41, 5.74) is 3.48. The molecule has 0 aliphatic heterocycles. The molecule has 0 heterocycles. The second-order valence-electron chi connectivity index (χ2n) is 6.42. The van der Waals surface area contributed by atoms with Crippen LogP contribution in [0.25, 0.3) is 0 Å². The van der Waals surface area contributed by atoms with Crippen LogP contribution >= 0.6 is 0 Å². The van der Waals surface area contributed by atoms with Crippen molar-refractivity contribution in [3.05, 3.63) is 99.9 Å². The van der Waals surface area contributed by atoms with Crippen molar-refractivity contribution in [2.45, 2.75) is 0 Å². The molecule has 0 aliphatic carbocycles. The number of ether oxygens (including phenoxy) is 1. The normalized spacial score (nSPS) is 10.5. The van der Waals surface area contributed by atoms with Crippen molar-refractivity contribution < 1.29 is 23.6 Å². The van der Waals surface area contributed by atoms with Crippen molar-refractivity contribution in [1.82, 2.24) is 5.43 Å². The van der Waals surface area contributed by atoms with E-state index in [9.17, 15) is 24.1 Å². The molecule has 0 aromatic heterocycles. The number of hydrazone groups is 1. The second-order valence-corrected chi connectivity index (χ2v) is 6.42. The van der Waals surface area contributed by atoms with E-state index in [4.69, 9.17) is 4.74 Å². The van der Waals surface area contributed by atoms with Gasteiger partial charge in [-0.3, -0.25) is 19.7 Å². The number of carbonyl (C=O) groups is 2. The summed E-state index contributed by atoms with van der Waals surface area (Å²) in [6.45, 7) is -0.255. The van der Waals surface area contributed by atoms with Crippen molar-refractivity contribution in [1.29, 1.82) is 0 Å². The Bertz CT molecular complexity index is 1150. The molecule has 162 valence electrons. The third-order valence-electron chi connectivity index (χ3n) is 4.08. The molecule has 3 aromatic rings. The third kappa shape index (κ3) is 6.46. The van der Waals surface area contributed by atoms with E-state index in [2.05, 4.69) is 15.8 Å². The van der Waals surface area contributed by atoms with E-state index in [1.807, 2.05) is 0 Å². The van der Waals surface area contributed by atoms with Gasteiger partial charge in [0.15, 0.2) is 6.61 Å². The number of amides is 2. The number of anilines is 1. The lowest BCUT2D eigenvalue weighted by molar-refractivity contribution is -0.384. The molecule has 0 fully saturated rings. The van der Waals surface area contributed by atoms with Crippen molar-refractivity contribution in [3.63, 3.8) is 0 Å². The average molecular weight is 436 g/mol. The minimum atomic E-state index is -0.554. The molecular formula is C22H17FN4O5. The fraction of sp³-hybridized carbons (Fsp3) is 0.0455. The lowest BCUT2D eigenvalue weighted by Gasteiger charge is -2.08. The van der Waals surface area contributed by atoms with Gasteiger partial charge in [0.25, 0.3) is 17.5 Å². The summed E-state index contributed by atoms with van der Waals surface area (Å²) in [6.07, 6.45) is 1.38. The number of carbonyl (C=O) groups excluding carboxylic acids is 2. The van der Waals surface area contributed by atoms with Crippen LogP contribution in [0.1, 0.15) is 15.9 Å². The fourth-order valence-corrected chi connectivity index (χ4v) is 2.53. The number of benzene rings is 3. The lowest BCUT2D eigenvalue weighted by Crippen LogP contribution is -2.20. The largest absolute Gasteiger partial charge is 0.484 e. The van der Waals surface area contributed by atoms with Gasteiger partial charge in [0.1, 0.15) is 11.6 Å². The molecule has 0 atom stereocenters. The maximum atomic E-state index is 12.9. The maximum absolute atomic E-state index is 12.9. The molecule has 0 saturated carbocycles. The first-order valence-corrected chi connectivity index (χ1v) is 9.27. The molecule has 0 saturated heterocycles. The summed E-state index contributed by atoms with van der Waals surface area (Å²) in [7, 11) is 0. The molecule has 0 aliphatic rings. The summed E-state index contributed by atoms with van der Waals surface area (Å²) in [6, 6.07) is 17.1. The Morgan fingerprint density at radius 3 is 2.47 bits per heavy atom. The van der Waals surface area contributed by atoms with Crippen molar-refractivity contribution in [2.75, 3.05) is 11.9 Å². The first-order valence-electron chi connectivity index (χ1n) is 9.27. The summed E-state index contributed by atoms with van der Waals surface area (Å²) < 4.78 is 18.3. The maximum Gasteiger partial charge on any atom is 0.271 e. The Morgan fingerprint density at radius 2 is 1.78 bits per heavy atom. The smallest absolute Gasteiger partial charge is 0.271 e. The Morgan fingerprint density at radius 1 is 1.06 bits per heavy atom. The van der Waals surface area contributed by atoms with Gasteiger partial charge in [0, 0.05) is 23.4 Å². The number of hydrogen-bond acceptors (Lipinski definition) is 6. The number of non-ortho nitro benzene ring substituents is 1. The van der Waals surface area contributed by atoms with Gasteiger partial charge in [0.05, 0.1) is 11.1 Å². The predicted octanol–water partition coefficient (Wildman–Crippen LogP) is 3.52. The van der Waals surface area contributed by atoms with Crippen LogP contribution in [0, 0.1) is 15.9 Å². The molecule has 0 unspecified atom stereocenters. The van der Waals surface area contributed by atoms with Gasteiger partial charge in [0.2, 0.25) is 0 Å². The predicted molar refractivity (Wildman–Crippen MR) is 115 cm³/mol. The first-order chi connectivity index (χ1) is 15.4. The van der Waals surface area contributed by atoms with Crippen LogP contribution < -0.4 is 15.5 Å². The highest BCUT2D eigenvalue weighted by Crippen LogP contribution is 2.14. The van der Waals surface area contributed by atoms with Crippen molar-refractivity contribution in [2.24, 2.45) is 5.10 Å². The van der Waals surface area contributed by atoms with E-state index in [0.717, 1.165) is 0 Å². The zero-order valence-corrected chi connectivity index (χ0v) is 16.5. The van der Waals surface area contributed by atoms with Crippen LogP contribution in [0.4, 0.5) is 15.8 Å². The topological polar surface area (TPSA) is 123 Å². The molecule has 2 amide bonds. The Balaban J connectivity index is 1.51. The number of nitro groups is 1. The van der Waals surface area contributed by atoms with E-state index in [1.165, 1.54) is 54.7 Å². The molecule has 10 heteroatoms. The highest BCUT2D eigenvalue weighted by molar-refractivity contribution is 5.95. The Hall–Kier alpha value is -4.60. The second kappa shape index (κ2) is 10.4. The number of rotatable bonds is 8. The minimum absolute atomic E-state index is 0.117. The fourth-order valence-electron chi connectivity index (χ4n) is 2.53. The molecule has 2 N–H and O–H groups in total. The van der Waals surface area contributed by atoms with Gasteiger partial charge in [-0.05, 0) is 54.1 Å². The molecule has 32 heavy (non-hydrogen) atoms. The van der Waals surface area contributed by atoms with Gasteiger partial charge in [-0.25, -0.2) is 9.82 Å². The van der Waals surface area contributed by atoms with Crippen LogP contribution in [0.3, 0.4) is 0 Å². The molecule has 3 aromatic carbocycles. The number of halogens is 1. The van der Waals surface area contributed by atoms with Gasteiger partial charge >= 0.3 is 0 Å². The Kier molecular flexibility index (Phi) is 7.20. The van der Waals surface area contributed by atoms with E-state index in [1.54, 1.807) is 24.3 Å². The molecule has 3 rings (SSSR count). The van der Waals surface area contributed by atoms with Crippen LogP contribution in [-0.4, -0.2) is 29.6 Å². The van der Waals surface area contributed by atoms with Crippen molar-refractivity contribution in [3.8, 4) is 5.75 Å². The van der Waals surface area contributed by atoms with Gasteiger partial charge in [-0.2, -0.15) is 5.10 Å². The van der Waals surface area contributed by atoms with Gasteiger partial charge in [-0.15, -0.1) is 0 Å². The standard InChI is InChI=1S/C22H17FN4O5/c23-17-6-8-18(9-7-17)25-21(28)14-32-20-3-1-2-15(12-20)13-24-26-22(29)16-4-10-19(11-5-16)27(30)31/h1-13H,14H2,(H,25,28)(H,26,29). The van der Waals surface area contributed by atoms with Crippen LogP contribution in [0.5, 0.6) is 5.75 Å². The van der Waals surface area contributed by atoms with Crippen LogP contribution in [0.2, 0.25) is 0 Å². The van der Waals surface area contributed by atoms with E-state index in [-0.39, 0.29) is 17.9 Å². The molecule has 0 spiro atoms. The zero-order valence-electron chi connectivity index (χ0n) is 16.5. The summed E-state index contributed by atoms with van der Waals surface area (Å²) in [5.74, 6) is -0.932. The molecular weight excluding hydrogens is 419 g/mol. The highest BCUT2D eigenvalue weighted by atomic mass is 19.1. The van der Waals surface area contributed by atoms with Gasteiger partial charge in [-0.1, -0.05) is 12.1 Å². The van der Waals surface area contributed by atoms with E-state index < -0.39 is 22.6 Å². The van der Waals surface area contributed by atoms with E-state index in [0.29, 0.717) is 17.0 Å². The SMILES string of the molecule is O=C(COc1cccc(C=NNC(=O)c2ccc([N+](=O)[O-])cc2)c1)Nc1ccc(F)cc1. The monoisotopic (exact) mass is 436 g/mol. The molecule has 9 nitrogen and oxygen atoms in total. The van der Waals surface area contributed by atoms with Crippen LogP contribution in [0.15, 0.2) is 77.9 Å². The minimum Gasteiger partial charge on any atom is -0.484 e. The number of nitrogens with one attached hydrogen (secondary N) is 2. The summed E-state index contributed by atoms with van der Waals surface area (Å²) in [4.78, 5) is 34.1. The number of hydrogen-bond donors (Lipinski definition) is 2. The number of nitrogens with zero attached hydrogens (tertiary/aromatic N) is 2. The molecule has 0 radical (unpaired) electrons. The third-order valence-corrected chi connectivity index (χ3v) is 4.08. The molecule has 0 bridgehead atoms. The highest BCUT2D eigenvalue weighted by Gasteiger charge is 2.08. The van der Waals surface area contributed by atoms with Gasteiger partial charge < -0.3 is 10.1 Å². The summed E-state index contributed by atoms with van der Waals surface area (Å²) >= 11 is 0. The summed E-state index contributed by atoms with van der Waals surface area (Å²) in [5, 5.41) is 17.1. The number of nitro benzene ring substituents is 1. The quantitative estimate of drug-likeness (QED) is 0.318. The zero-order chi connectivity index (χ0) is 22.9.